The van der Waals surface area contributed by atoms with Crippen molar-refractivity contribution in [1.29, 1.82) is 0 Å². The van der Waals surface area contributed by atoms with Gasteiger partial charge in [-0.25, -0.2) is 0 Å². The molecule has 1 aromatic carbocycles. The molecule has 2 aliphatic rings. The third kappa shape index (κ3) is 2.11. The average Bonchev–Trinajstić information content (AvgIpc) is 2.46. The number of hydrogen-bond donors (Lipinski definition) is 1. The van der Waals surface area contributed by atoms with Crippen LogP contribution >= 0.6 is 0 Å². The van der Waals surface area contributed by atoms with Crippen molar-refractivity contribution in [1.82, 2.24) is 0 Å². The maximum absolute atomic E-state index is 11.9. The van der Waals surface area contributed by atoms with E-state index in [1.165, 1.54) is 16.7 Å². The molecule has 1 N–H and O–H groups in total. The standard InChI is InChI=1S/C20H28O2/c1-13(2)14-6-8-16-15(12-14)7-9-17-19(16,3)10-5-11-20(17,4)18(21)22/h6,8,12-13,17H,5,7,9-11H2,1-4H3,(H,21,22)/t17-,19+,20-/m0/s1. The van der Waals surface area contributed by atoms with Crippen LogP contribution in [0.2, 0.25) is 0 Å². The van der Waals surface area contributed by atoms with Crippen LogP contribution in [0.5, 0.6) is 0 Å². The minimum atomic E-state index is -0.606. The molecule has 1 fully saturated rings. The summed E-state index contributed by atoms with van der Waals surface area (Å²) in [6.45, 7) is 8.75. The van der Waals surface area contributed by atoms with E-state index in [-0.39, 0.29) is 11.3 Å². The van der Waals surface area contributed by atoms with Crippen molar-refractivity contribution in [2.45, 2.75) is 71.1 Å². The summed E-state index contributed by atoms with van der Waals surface area (Å²) in [7, 11) is 0. The zero-order valence-corrected chi connectivity index (χ0v) is 14.3. The first-order chi connectivity index (χ1) is 10.3. The van der Waals surface area contributed by atoms with Crippen molar-refractivity contribution in [3.63, 3.8) is 0 Å². The third-order valence-corrected chi connectivity index (χ3v) is 6.53. The second-order valence-corrected chi connectivity index (χ2v) is 8.16. The van der Waals surface area contributed by atoms with Gasteiger partial charge in [0, 0.05) is 0 Å². The molecule has 2 nitrogen and oxygen atoms in total. The Balaban J connectivity index is 2.08. The van der Waals surface area contributed by atoms with E-state index in [2.05, 4.69) is 39.0 Å². The molecule has 2 heteroatoms. The quantitative estimate of drug-likeness (QED) is 0.843. The number of carbonyl (C=O) groups is 1. The summed E-state index contributed by atoms with van der Waals surface area (Å²) in [4.78, 5) is 11.9. The van der Waals surface area contributed by atoms with Crippen LogP contribution in [0.3, 0.4) is 0 Å². The summed E-state index contributed by atoms with van der Waals surface area (Å²) in [6, 6.07) is 6.92. The highest BCUT2D eigenvalue weighted by Crippen LogP contribution is 2.57. The van der Waals surface area contributed by atoms with E-state index in [1.54, 1.807) is 0 Å². The summed E-state index contributed by atoms with van der Waals surface area (Å²) < 4.78 is 0. The molecule has 0 amide bonds. The van der Waals surface area contributed by atoms with Gasteiger partial charge in [0.05, 0.1) is 5.41 Å². The Morgan fingerprint density at radius 1 is 1.27 bits per heavy atom. The van der Waals surface area contributed by atoms with Gasteiger partial charge in [-0.05, 0) is 66.5 Å². The van der Waals surface area contributed by atoms with Gasteiger partial charge in [-0.1, -0.05) is 45.4 Å². The van der Waals surface area contributed by atoms with Crippen LogP contribution in [0, 0.1) is 11.3 Å². The van der Waals surface area contributed by atoms with Crippen molar-refractivity contribution in [3.05, 3.63) is 34.9 Å². The SMILES string of the molecule is CC(C)c1ccc2c(c1)CC[C@@H]1[C@@](C)(C(=O)O)CCC[C@]21C. The first-order valence-corrected chi connectivity index (χ1v) is 8.66. The van der Waals surface area contributed by atoms with Gasteiger partial charge in [-0.3, -0.25) is 4.79 Å². The number of carboxylic acids is 1. The van der Waals surface area contributed by atoms with Crippen LogP contribution in [-0.4, -0.2) is 11.1 Å². The van der Waals surface area contributed by atoms with Crippen molar-refractivity contribution in [2.75, 3.05) is 0 Å². The number of aryl methyl sites for hydroxylation is 1. The molecule has 0 aliphatic heterocycles. The molecule has 0 bridgehead atoms. The van der Waals surface area contributed by atoms with Crippen LogP contribution < -0.4 is 0 Å². The number of hydrogen-bond acceptors (Lipinski definition) is 1. The Kier molecular flexibility index (Phi) is 3.62. The van der Waals surface area contributed by atoms with E-state index < -0.39 is 11.4 Å². The van der Waals surface area contributed by atoms with E-state index in [1.807, 2.05) is 6.92 Å². The number of rotatable bonds is 2. The second kappa shape index (κ2) is 5.11. The van der Waals surface area contributed by atoms with Crippen LogP contribution in [-0.2, 0) is 16.6 Å². The Morgan fingerprint density at radius 2 is 2.00 bits per heavy atom. The normalized spacial score (nSPS) is 34.1. The fourth-order valence-electron chi connectivity index (χ4n) is 5.13. The minimum Gasteiger partial charge on any atom is -0.481 e. The third-order valence-electron chi connectivity index (χ3n) is 6.53. The Hall–Kier alpha value is -1.31. The molecule has 0 unspecified atom stereocenters. The summed E-state index contributed by atoms with van der Waals surface area (Å²) in [5.74, 6) is 0.195. The van der Waals surface area contributed by atoms with E-state index in [0.29, 0.717) is 5.92 Å². The molecule has 0 radical (unpaired) electrons. The number of benzene rings is 1. The molecule has 0 aromatic heterocycles. The lowest BCUT2D eigenvalue weighted by Gasteiger charge is -2.53. The summed E-state index contributed by atoms with van der Waals surface area (Å²) in [5.41, 5.74) is 3.73. The topological polar surface area (TPSA) is 37.3 Å². The molecule has 0 heterocycles. The van der Waals surface area contributed by atoms with Crippen LogP contribution in [0.15, 0.2) is 18.2 Å². The van der Waals surface area contributed by atoms with E-state index in [4.69, 9.17) is 0 Å². The lowest BCUT2D eigenvalue weighted by molar-refractivity contribution is -0.157. The van der Waals surface area contributed by atoms with Gasteiger partial charge in [0.1, 0.15) is 0 Å². The van der Waals surface area contributed by atoms with Crippen LogP contribution in [0.25, 0.3) is 0 Å². The van der Waals surface area contributed by atoms with Crippen molar-refractivity contribution >= 4 is 5.97 Å². The van der Waals surface area contributed by atoms with Crippen molar-refractivity contribution in [2.24, 2.45) is 11.3 Å². The van der Waals surface area contributed by atoms with Gasteiger partial charge < -0.3 is 5.11 Å². The fraction of sp³-hybridized carbons (Fsp3) is 0.650. The average molecular weight is 300 g/mol. The largest absolute Gasteiger partial charge is 0.481 e. The number of fused-ring (bicyclic) bond motifs is 3. The fourth-order valence-corrected chi connectivity index (χ4v) is 5.13. The second-order valence-electron chi connectivity index (χ2n) is 8.16. The monoisotopic (exact) mass is 300 g/mol. The van der Waals surface area contributed by atoms with E-state index in [9.17, 15) is 9.90 Å². The maximum atomic E-state index is 11.9. The number of aliphatic carboxylic acids is 1. The van der Waals surface area contributed by atoms with E-state index in [0.717, 1.165) is 32.1 Å². The van der Waals surface area contributed by atoms with Gasteiger partial charge in [0.15, 0.2) is 0 Å². The smallest absolute Gasteiger partial charge is 0.309 e. The Bertz CT molecular complexity index is 604. The molecule has 22 heavy (non-hydrogen) atoms. The summed E-state index contributed by atoms with van der Waals surface area (Å²) in [6.07, 6.45) is 4.99. The molecule has 2 aliphatic carbocycles. The van der Waals surface area contributed by atoms with Gasteiger partial charge in [-0.15, -0.1) is 0 Å². The highest BCUT2D eigenvalue weighted by Gasteiger charge is 2.55. The predicted molar refractivity (Wildman–Crippen MR) is 89.3 cm³/mol. The first-order valence-electron chi connectivity index (χ1n) is 8.66. The lowest BCUT2D eigenvalue weighted by atomic mass is 9.50. The highest BCUT2D eigenvalue weighted by atomic mass is 16.4. The molecular formula is C20H28O2. The Labute approximate surface area is 133 Å². The maximum Gasteiger partial charge on any atom is 0.309 e. The van der Waals surface area contributed by atoms with Gasteiger partial charge in [-0.2, -0.15) is 0 Å². The summed E-state index contributed by atoms with van der Waals surface area (Å²) in [5, 5.41) is 9.82. The molecule has 3 rings (SSSR count). The van der Waals surface area contributed by atoms with Crippen LogP contribution in [0.4, 0.5) is 0 Å². The van der Waals surface area contributed by atoms with Gasteiger partial charge >= 0.3 is 5.97 Å². The van der Waals surface area contributed by atoms with Gasteiger partial charge in [0.25, 0.3) is 0 Å². The van der Waals surface area contributed by atoms with Gasteiger partial charge in [0.2, 0.25) is 0 Å². The zero-order valence-electron chi connectivity index (χ0n) is 14.3. The molecule has 0 saturated heterocycles. The van der Waals surface area contributed by atoms with Crippen LogP contribution in [0.1, 0.15) is 76.0 Å². The first kappa shape index (κ1) is 15.6. The molecule has 1 saturated carbocycles. The lowest BCUT2D eigenvalue weighted by Crippen LogP contribution is -2.52. The van der Waals surface area contributed by atoms with E-state index >= 15 is 0 Å². The molecule has 1 aromatic rings. The minimum absolute atomic E-state index is 0.0223. The highest BCUT2D eigenvalue weighted by molar-refractivity contribution is 5.75. The molecule has 0 spiro atoms. The molecule has 3 atom stereocenters. The predicted octanol–water partition coefficient (Wildman–Crippen LogP) is 4.90. The van der Waals surface area contributed by atoms with Crippen molar-refractivity contribution < 1.29 is 9.90 Å². The number of carboxylic acid groups (broad SMARTS) is 1. The molecule has 120 valence electrons. The molecular weight excluding hydrogens is 272 g/mol. The summed E-state index contributed by atoms with van der Waals surface area (Å²) >= 11 is 0. The Morgan fingerprint density at radius 3 is 2.64 bits per heavy atom. The zero-order chi connectivity index (χ0) is 16.1. The van der Waals surface area contributed by atoms with Crippen molar-refractivity contribution in [3.8, 4) is 0 Å².